The van der Waals surface area contributed by atoms with Crippen molar-refractivity contribution in [2.24, 2.45) is 0 Å². The van der Waals surface area contributed by atoms with Gasteiger partial charge in [0.25, 0.3) is 5.91 Å². The van der Waals surface area contributed by atoms with Crippen LogP contribution in [0.2, 0.25) is 0 Å². The number of hydrogen-bond donors (Lipinski definition) is 2. The Bertz CT molecular complexity index is 857. The molecule has 0 aliphatic carbocycles. The maximum atomic E-state index is 12.3. The smallest absolute Gasteiger partial charge is 0.251 e. The summed E-state index contributed by atoms with van der Waals surface area (Å²) < 4.78 is 0. The average molecular weight is 401 g/mol. The minimum atomic E-state index is -0.174. The topological polar surface area (TPSA) is 75.3 Å². The Morgan fingerprint density at radius 2 is 1.86 bits per heavy atom. The van der Waals surface area contributed by atoms with Gasteiger partial charge in [-0.25, -0.2) is 0 Å². The molecule has 1 aromatic heterocycles. The fourth-order valence-corrected chi connectivity index (χ4v) is 3.73. The molecular weight excluding hydrogens is 372 g/mol. The van der Waals surface area contributed by atoms with Crippen LogP contribution in [0.25, 0.3) is 0 Å². The number of aryl methyl sites for hydroxylation is 2. The van der Waals surface area contributed by atoms with Gasteiger partial charge in [-0.05, 0) is 51.0 Å². The first-order valence-corrected chi connectivity index (χ1v) is 10.4. The quantitative estimate of drug-likeness (QED) is 0.620. The summed E-state index contributed by atoms with van der Waals surface area (Å²) in [7, 11) is 0. The van der Waals surface area contributed by atoms with E-state index < -0.39 is 0 Å². The van der Waals surface area contributed by atoms with Gasteiger partial charge in [0.05, 0.1) is 0 Å². The molecule has 2 aromatic rings. The number of amides is 2. The lowest BCUT2D eigenvalue weighted by atomic mass is 10.1. The summed E-state index contributed by atoms with van der Waals surface area (Å²) >= 11 is 1.59. The maximum Gasteiger partial charge on any atom is 0.251 e. The lowest BCUT2D eigenvalue weighted by Crippen LogP contribution is -2.32. The molecule has 2 rings (SSSR count). The Balaban J connectivity index is 1.84. The molecule has 2 amide bonds. The number of carbonyl (C=O) groups excluding carboxylic acids is 3. The van der Waals surface area contributed by atoms with E-state index in [9.17, 15) is 14.4 Å². The van der Waals surface area contributed by atoms with E-state index in [1.54, 1.807) is 29.5 Å². The molecule has 0 radical (unpaired) electrons. The van der Waals surface area contributed by atoms with E-state index >= 15 is 0 Å². The van der Waals surface area contributed by atoms with Crippen molar-refractivity contribution in [1.29, 1.82) is 0 Å². The zero-order chi connectivity index (χ0) is 20.7. The molecule has 0 aliphatic heterocycles. The van der Waals surface area contributed by atoms with Gasteiger partial charge < -0.3 is 10.6 Å². The SMILES string of the molecule is CCC(C)NC(=O)c1cccc(CNC(=O)CCC(=O)c2cc(C)sc2C)c1. The van der Waals surface area contributed by atoms with E-state index in [1.165, 1.54) is 0 Å². The summed E-state index contributed by atoms with van der Waals surface area (Å²) in [6.07, 6.45) is 1.21. The molecule has 0 saturated heterocycles. The number of rotatable bonds is 9. The minimum absolute atomic E-state index is 0.000660. The van der Waals surface area contributed by atoms with Crippen molar-refractivity contribution in [2.45, 2.75) is 59.5 Å². The highest BCUT2D eigenvalue weighted by molar-refractivity contribution is 7.12. The molecule has 0 spiro atoms. The van der Waals surface area contributed by atoms with Crippen LogP contribution in [0.1, 0.15) is 69.1 Å². The van der Waals surface area contributed by atoms with Crippen LogP contribution in [0.5, 0.6) is 0 Å². The second kappa shape index (κ2) is 10.2. The molecular formula is C22H28N2O3S. The number of thiophene rings is 1. The van der Waals surface area contributed by atoms with Crippen molar-refractivity contribution in [3.05, 3.63) is 56.8 Å². The largest absolute Gasteiger partial charge is 0.352 e. The molecule has 0 aliphatic rings. The monoisotopic (exact) mass is 400 g/mol. The van der Waals surface area contributed by atoms with Crippen LogP contribution in [0, 0.1) is 13.8 Å². The highest BCUT2D eigenvalue weighted by Crippen LogP contribution is 2.22. The molecule has 1 heterocycles. The van der Waals surface area contributed by atoms with E-state index in [1.807, 2.05) is 39.8 Å². The van der Waals surface area contributed by atoms with E-state index in [0.717, 1.165) is 27.3 Å². The second-order valence-electron chi connectivity index (χ2n) is 7.01. The fourth-order valence-electron chi connectivity index (χ4n) is 2.79. The molecule has 1 aromatic carbocycles. The van der Waals surface area contributed by atoms with Crippen LogP contribution in [0.15, 0.2) is 30.3 Å². The van der Waals surface area contributed by atoms with Gasteiger partial charge in [-0.15, -0.1) is 11.3 Å². The standard InChI is InChI=1S/C22H28N2O3S/c1-5-14(2)24-22(27)18-8-6-7-17(12-18)13-23-21(26)10-9-20(25)19-11-15(3)28-16(19)4/h6-8,11-12,14H,5,9-10,13H2,1-4H3,(H,23,26)(H,24,27). The van der Waals surface area contributed by atoms with Gasteiger partial charge in [0.2, 0.25) is 5.91 Å². The summed E-state index contributed by atoms with van der Waals surface area (Å²) in [4.78, 5) is 38.7. The van der Waals surface area contributed by atoms with Gasteiger partial charge in [0.1, 0.15) is 0 Å². The van der Waals surface area contributed by atoms with Crippen LogP contribution in [-0.4, -0.2) is 23.6 Å². The van der Waals surface area contributed by atoms with Crippen molar-refractivity contribution in [1.82, 2.24) is 10.6 Å². The lowest BCUT2D eigenvalue weighted by molar-refractivity contribution is -0.121. The van der Waals surface area contributed by atoms with E-state index in [0.29, 0.717) is 12.1 Å². The van der Waals surface area contributed by atoms with Gasteiger partial charge >= 0.3 is 0 Å². The molecule has 150 valence electrons. The van der Waals surface area contributed by atoms with Gasteiger partial charge in [-0.2, -0.15) is 0 Å². The van der Waals surface area contributed by atoms with Crippen molar-refractivity contribution in [3.8, 4) is 0 Å². The molecule has 2 N–H and O–H groups in total. The molecule has 0 bridgehead atoms. The minimum Gasteiger partial charge on any atom is -0.352 e. The molecule has 0 fully saturated rings. The van der Waals surface area contributed by atoms with Crippen molar-refractivity contribution >= 4 is 28.9 Å². The van der Waals surface area contributed by atoms with Crippen molar-refractivity contribution in [2.75, 3.05) is 0 Å². The van der Waals surface area contributed by atoms with Gasteiger partial charge in [-0.3, -0.25) is 14.4 Å². The number of Topliss-reactive ketones (excluding diaryl/α,β-unsaturated/α-hetero) is 1. The fraction of sp³-hybridized carbons (Fsp3) is 0.409. The maximum absolute atomic E-state index is 12.3. The van der Waals surface area contributed by atoms with Gasteiger partial charge in [0, 0.05) is 46.3 Å². The predicted octanol–water partition coefficient (Wildman–Crippen LogP) is 4.17. The lowest BCUT2D eigenvalue weighted by Gasteiger charge is -2.12. The van der Waals surface area contributed by atoms with Crippen LogP contribution < -0.4 is 10.6 Å². The van der Waals surface area contributed by atoms with Gasteiger partial charge in [0.15, 0.2) is 5.78 Å². The second-order valence-corrected chi connectivity index (χ2v) is 8.47. The number of nitrogens with one attached hydrogen (secondary N) is 2. The van der Waals surface area contributed by atoms with Crippen LogP contribution in [0.3, 0.4) is 0 Å². The summed E-state index contributed by atoms with van der Waals surface area (Å²) in [5.41, 5.74) is 2.14. The highest BCUT2D eigenvalue weighted by Gasteiger charge is 2.14. The van der Waals surface area contributed by atoms with Crippen molar-refractivity contribution in [3.63, 3.8) is 0 Å². The number of carbonyl (C=O) groups is 3. The Morgan fingerprint density at radius 1 is 1.11 bits per heavy atom. The molecule has 6 heteroatoms. The summed E-state index contributed by atoms with van der Waals surface area (Å²) in [6, 6.07) is 9.20. The first-order chi connectivity index (χ1) is 13.3. The number of hydrogen-bond acceptors (Lipinski definition) is 4. The molecule has 1 atom stereocenters. The Kier molecular flexibility index (Phi) is 7.93. The third kappa shape index (κ3) is 6.30. The molecule has 5 nitrogen and oxygen atoms in total. The third-order valence-corrected chi connectivity index (χ3v) is 5.56. The third-order valence-electron chi connectivity index (χ3n) is 4.59. The molecule has 0 saturated carbocycles. The normalized spacial score (nSPS) is 11.7. The van der Waals surface area contributed by atoms with E-state index in [4.69, 9.17) is 0 Å². The van der Waals surface area contributed by atoms with Crippen molar-refractivity contribution < 1.29 is 14.4 Å². The summed E-state index contributed by atoms with van der Waals surface area (Å²) in [6.45, 7) is 8.20. The van der Waals surface area contributed by atoms with Crippen LogP contribution >= 0.6 is 11.3 Å². The molecule has 1 unspecified atom stereocenters. The predicted molar refractivity (Wildman–Crippen MR) is 113 cm³/mol. The Hall–Kier alpha value is -2.47. The van der Waals surface area contributed by atoms with Crippen LogP contribution in [-0.2, 0) is 11.3 Å². The Morgan fingerprint density at radius 3 is 2.50 bits per heavy atom. The molecule has 28 heavy (non-hydrogen) atoms. The summed E-state index contributed by atoms with van der Waals surface area (Å²) in [5.74, 6) is -0.289. The number of ketones is 1. The summed E-state index contributed by atoms with van der Waals surface area (Å²) in [5, 5.41) is 5.75. The first-order valence-electron chi connectivity index (χ1n) is 9.56. The number of benzene rings is 1. The highest BCUT2D eigenvalue weighted by atomic mass is 32.1. The zero-order valence-corrected chi connectivity index (χ0v) is 17.7. The van der Waals surface area contributed by atoms with Crippen LogP contribution in [0.4, 0.5) is 0 Å². The zero-order valence-electron chi connectivity index (χ0n) is 16.9. The van der Waals surface area contributed by atoms with Gasteiger partial charge in [-0.1, -0.05) is 19.1 Å². The average Bonchev–Trinajstić information content (AvgIpc) is 3.02. The van der Waals surface area contributed by atoms with E-state index in [-0.39, 0.29) is 36.5 Å². The van der Waals surface area contributed by atoms with E-state index in [2.05, 4.69) is 10.6 Å². The first kappa shape index (κ1) is 21.8. The Labute approximate surface area is 170 Å².